The SMILES string of the molecule is CC1(C)C(/C=C/c2ccccc2)=Nc2ccc3ccccc3c21. The van der Waals surface area contributed by atoms with Crippen molar-refractivity contribution in [3.05, 3.63) is 83.9 Å². The number of nitrogens with zero attached hydrogens (tertiary/aromatic N) is 1. The van der Waals surface area contributed by atoms with E-state index in [4.69, 9.17) is 4.99 Å². The van der Waals surface area contributed by atoms with Crippen molar-refractivity contribution in [3.63, 3.8) is 0 Å². The Morgan fingerprint density at radius 1 is 0.783 bits per heavy atom. The molecule has 112 valence electrons. The van der Waals surface area contributed by atoms with Crippen LogP contribution in [0.15, 0.2) is 77.8 Å². The Hall–Kier alpha value is -2.67. The van der Waals surface area contributed by atoms with Crippen molar-refractivity contribution in [1.82, 2.24) is 0 Å². The van der Waals surface area contributed by atoms with Crippen molar-refractivity contribution in [3.8, 4) is 0 Å². The van der Waals surface area contributed by atoms with Gasteiger partial charge in [-0.3, -0.25) is 4.99 Å². The van der Waals surface area contributed by atoms with E-state index in [2.05, 4.69) is 86.7 Å². The lowest BCUT2D eigenvalue weighted by molar-refractivity contribution is 0.747. The van der Waals surface area contributed by atoms with E-state index in [1.165, 1.54) is 21.9 Å². The zero-order chi connectivity index (χ0) is 15.9. The van der Waals surface area contributed by atoms with Gasteiger partial charge in [-0.2, -0.15) is 0 Å². The number of rotatable bonds is 2. The Morgan fingerprint density at radius 2 is 1.52 bits per heavy atom. The summed E-state index contributed by atoms with van der Waals surface area (Å²) in [4.78, 5) is 4.90. The molecule has 0 saturated carbocycles. The second kappa shape index (κ2) is 5.20. The number of allylic oxidation sites excluding steroid dienone is 1. The van der Waals surface area contributed by atoms with Crippen LogP contribution in [0.2, 0.25) is 0 Å². The van der Waals surface area contributed by atoms with Crippen LogP contribution in [0.1, 0.15) is 25.0 Å². The normalized spacial score (nSPS) is 15.8. The van der Waals surface area contributed by atoms with Gasteiger partial charge in [0.1, 0.15) is 0 Å². The standard InChI is InChI=1S/C22H19N/c1-22(2)20(15-12-16-8-4-3-5-9-16)23-19-14-13-17-10-6-7-11-18(17)21(19)22/h3-15H,1-2H3/b15-12+. The average molecular weight is 297 g/mol. The van der Waals surface area contributed by atoms with Crippen LogP contribution in [-0.4, -0.2) is 5.71 Å². The predicted octanol–water partition coefficient (Wildman–Crippen LogP) is 5.92. The van der Waals surface area contributed by atoms with Gasteiger partial charge in [0.05, 0.1) is 11.4 Å². The molecule has 1 aliphatic heterocycles. The van der Waals surface area contributed by atoms with E-state index in [1.807, 2.05) is 6.07 Å². The van der Waals surface area contributed by atoms with Gasteiger partial charge in [-0.1, -0.05) is 80.6 Å². The largest absolute Gasteiger partial charge is 0.252 e. The second-order valence-corrected chi connectivity index (χ2v) is 6.55. The summed E-state index contributed by atoms with van der Waals surface area (Å²) in [7, 11) is 0. The maximum absolute atomic E-state index is 4.90. The van der Waals surface area contributed by atoms with E-state index in [1.54, 1.807) is 0 Å². The first-order valence-electron chi connectivity index (χ1n) is 8.01. The molecule has 0 amide bonds. The fourth-order valence-corrected chi connectivity index (χ4v) is 3.39. The molecule has 1 aliphatic rings. The van der Waals surface area contributed by atoms with Gasteiger partial charge in [0, 0.05) is 5.41 Å². The summed E-state index contributed by atoms with van der Waals surface area (Å²) in [5.74, 6) is 0. The van der Waals surface area contributed by atoms with Gasteiger partial charge in [-0.25, -0.2) is 0 Å². The molecule has 0 fully saturated rings. The maximum atomic E-state index is 4.90. The summed E-state index contributed by atoms with van der Waals surface area (Å²) < 4.78 is 0. The Morgan fingerprint density at radius 3 is 2.35 bits per heavy atom. The predicted molar refractivity (Wildman–Crippen MR) is 99.5 cm³/mol. The molecule has 4 rings (SSSR count). The minimum absolute atomic E-state index is 0.0819. The van der Waals surface area contributed by atoms with E-state index in [0.717, 1.165) is 11.4 Å². The molecular weight excluding hydrogens is 278 g/mol. The van der Waals surface area contributed by atoms with Gasteiger partial charge >= 0.3 is 0 Å². The first-order valence-corrected chi connectivity index (χ1v) is 8.01. The maximum Gasteiger partial charge on any atom is 0.0681 e. The van der Waals surface area contributed by atoms with Gasteiger partial charge in [-0.05, 0) is 34.0 Å². The van der Waals surface area contributed by atoms with Crippen LogP contribution in [-0.2, 0) is 5.41 Å². The fraction of sp³-hybridized carbons (Fsp3) is 0.136. The molecule has 3 aromatic rings. The van der Waals surface area contributed by atoms with Crippen molar-refractivity contribution < 1.29 is 0 Å². The summed E-state index contributed by atoms with van der Waals surface area (Å²) in [6.45, 7) is 4.53. The number of fused-ring (bicyclic) bond motifs is 3. The number of hydrogen-bond donors (Lipinski definition) is 0. The van der Waals surface area contributed by atoms with E-state index < -0.39 is 0 Å². The van der Waals surface area contributed by atoms with Crippen LogP contribution < -0.4 is 0 Å². The highest BCUT2D eigenvalue weighted by Crippen LogP contribution is 2.44. The van der Waals surface area contributed by atoms with Crippen LogP contribution in [0.5, 0.6) is 0 Å². The number of benzene rings is 3. The quantitative estimate of drug-likeness (QED) is 0.557. The topological polar surface area (TPSA) is 12.4 Å². The van der Waals surface area contributed by atoms with Crippen molar-refractivity contribution in [2.24, 2.45) is 4.99 Å². The van der Waals surface area contributed by atoms with Crippen molar-refractivity contribution in [1.29, 1.82) is 0 Å². The smallest absolute Gasteiger partial charge is 0.0681 e. The molecule has 1 heteroatoms. The lowest BCUT2D eigenvalue weighted by Gasteiger charge is -2.22. The van der Waals surface area contributed by atoms with Crippen molar-refractivity contribution >= 4 is 28.2 Å². The molecule has 0 saturated heterocycles. The Bertz CT molecular complexity index is 931. The Balaban J connectivity index is 1.80. The van der Waals surface area contributed by atoms with Gasteiger partial charge in [0.15, 0.2) is 0 Å². The molecule has 0 atom stereocenters. The summed E-state index contributed by atoms with van der Waals surface area (Å²) in [6.07, 6.45) is 4.30. The Labute approximate surface area is 137 Å². The van der Waals surface area contributed by atoms with Gasteiger partial charge in [0.2, 0.25) is 0 Å². The fourth-order valence-electron chi connectivity index (χ4n) is 3.39. The van der Waals surface area contributed by atoms with Crippen LogP contribution in [0.4, 0.5) is 5.69 Å². The van der Waals surface area contributed by atoms with E-state index in [0.29, 0.717) is 0 Å². The van der Waals surface area contributed by atoms with Gasteiger partial charge in [-0.15, -0.1) is 0 Å². The van der Waals surface area contributed by atoms with Crippen LogP contribution >= 0.6 is 0 Å². The van der Waals surface area contributed by atoms with E-state index in [9.17, 15) is 0 Å². The summed E-state index contributed by atoms with van der Waals surface area (Å²) >= 11 is 0. The number of aliphatic imine (C=N–C) groups is 1. The highest BCUT2D eigenvalue weighted by molar-refractivity contribution is 6.13. The monoisotopic (exact) mass is 297 g/mol. The summed E-state index contributed by atoms with van der Waals surface area (Å²) in [5, 5.41) is 2.59. The molecule has 0 aromatic heterocycles. The van der Waals surface area contributed by atoms with Crippen LogP contribution in [0, 0.1) is 0 Å². The molecule has 0 aliphatic carbocycles. The molecule has 23 heavy (non-hydrogen) atoms. The van der Waals surface area contributed by atoms with Crippen LogP contribution in [0.3, 0.4) is 0 Å². The molecule has 0 unspecified atom stereocenters. The molecule has 0 spiro atoms. The second-order valence-electron chi connectivity index (χ2n) is 6.55. The average Bonchev–Trinajstić information content (AvgIpc) is 2.85. The highest BCUT2D eigenvalue weighted by atomic mass is 14.8. The molecule has 0 N–H and O–H groups in total. The minimum atomic E-state index is -0.0819. The molecule has 0 radical (unpaired) electrons. The lowest BCUT2D eigenvalue weighted by atomic mass is 9.79. The van der Waals surface area contributed by atoms with Crippen LogP contribution in [0.25, 0.3) is 16.8 Å². The molecule has 1 nitrogen and oxygen atoms in total. The molecule has 3 aromatic carbocycles. The van der Waals surface area contributed by atoms with E-state index in [-0.39, 0.29) is 5.41 Å². The molecule has 1 heterocycles. The van der Waals surface area contributed by atoms with Gasteiger partial charge < -0.3 is 0 Å². The lowest BCUT2D eigenvalue weighted by Crippen LogP contribution is -2.24. The third kappa shape index (κ3) is 2.29. The zero-order valence-electron chi connectivity index (χ0n) is 13.5. The highest BCUT2D eigenvalue weighted by Gasteiger charge is 2.34. The Kier molecular flexibility index (Phi) is 3.16. The van der Waals surface area contributed by atoms with Gasteiger partial charge in [0.25, 0.3) is 0 Å². The van der Waals surface area contributed by atoms with Crippen molar-refractivity contribution in [2.75, 3.05) is 0 Å². The first-order chi connectivity index (χ1) is 11.2. The number of hydrogen-bond acceptors (Lipinski definition) is 1. The van der Waals surface area contributed by atoms with E-state index >= 15 is 0 Å². The third-order valence-corrected chi connectivity index (χ3v) is 4.65. The molecule has 0 bridgehead atoms. The van der Waals surface area contributed by atoms with Crippen molar-refractivity contribution in [2.45, 2.75) is 19.3 Å². The summed E-state index contributed by atoms with van der Waals surface area (Å²) in [6, 6.07) is 23.3. The zero-order valence-corrected chi connectivity index (χ0v) is 13.5. The first kappa shape index (κ1) is 14.0. The third-order valence-electron chi connectivity index (χ3n) is 4.65. The minimum Gasteiger partial charge on any atom is -0.252 e. The summed E-state index contributed by atoms with van der Waals surface area (Å²) in [5.41, 5.74) is 4.67. The molecular formula is C22H19N.